The molecule has 4 nitrogen and oxygen atoms in total. The van der Waals surface area contributed by atoms with Crippen LogP contribution in [0.2, 0.25) is 0 Å². The van der Waals surface area contributed by atoms with E-state index < -0.39 is 41.6 Å². The van der Waals surface area contributed by atoms with Crippen molar-refractivity contribution < 1.29 is 41.3 Å². The fourth-order valence-electron chi connectivity index (χ4n) is 6.01. The summed E-state index contributed by atoms with van der Waals surface area (Å²) in [5.41, 5.74) is -2.71. The molecule has 2 N–H and O–H groups in total. The first-order chi connectivity index (χ1) is 18.4. The Labute approximate surface area is 224 Å². The Morgan fingerprint density at radius 3 is 1.90 bits per heavy atom. The van der Waals surface area contributed by atoms with Crippen LogP contribution in [0.3, 0.4) is 0 Å². The number of hydrogen-bond acceptors (Lipinski definition) is 4. The molecule has 1 heterocycles. The van der Waals surface area contributed by atoms with E-state index in [1.807, 2.05) is 30.3 Å². The molecular weight excluding hydrogens is 524 g/mol. The van der Waals surface area contributed by atoms with Gasteiger partial charge in [0.1, 0.15) is 6.10 Å². The third-order valence-corrected chi connectivity index (χ3v) is 8.43. The summed E-state index contributed by atoms with van der Waals surface area (Å²) < 4.78 is 86.4. The Balaban J connectivity index is 1.54. The van der Waals surface area contributed by atoms with E-state index in [4.69, 9.17) is 4.74 Å². The van der Waals surface area contributed by atoms with Crippen molar-refractivity contribution in [3.63, 3.8) is 0 Å². The number of likely N-dealkylation sites (tertiary alicyclic amines) is 1. The van der Waals surface area contributed by atoms with E-state index >= 15 is 0 Å². The predicted molar refractivity (Wildman–Crippen MR) is 134 cm³/mol. The van der Waals surface area contributed by atoms with Gasteiger partial charge in [0.2, 0.25) is 0 Å². The number of alkyl halides is 6. The van der Waals surface area contributed by atoms with Crippen LogP contribution < -0.4 is 0 Å². The van der Waals surface area contributed by atoms with E-state index in [9.17, 15) is 36.6 Å². The number of benzene rings is 2. The topological polar surface area (TPSA) is 52.9 Å². The quantitative estimate of drug-likeness (QED) is 0.370. The molecule has 1 unspecified atom stereocenters. The maximum Gasteiger partial charge on any atom is 0.416 e. The molecule has 0 amide bonds. The minimum absolute atomic E-state index is 0.0547. The zero-order valence-electron chi connectivity index (χ0n) is 21.6. The van der Waals surface area contributed by atoms with Crippen LogP contribution in [0.4, 0.5) is 26.3 Å². The highest BCUT2D eigenvalue weighted by Crippen LogP contribution is 2.43. The molecule has 1 saturated heterocycles. The lowest BCUT2D eigenvalue weighted by atomic mass is 9.68. The maximum absolute atomic E-state index is 13.4. The molecule has 1 aliphatic heterocycles. The molecule has 2 aromatic rings. The SMILES string of the molecule is OCC1CCN([C@H]2CC[C@](COC(CO)c3cc(C(F)(F)F)cc(C(F)(F)F)c3)(c3ccccc3)CC2)CC1. The molecule has 216 valence electrons. The summed E-state index contributed by atoms with van der Waals surface area (Å²) in [7, 11) is 0. The van der Waals surface area contributed by atoms with Gasteiger partial charge in [-0.25, -0.2) is 0 Å². The third kappa shape index (κ3) is 7.14. The van der Waals surface area contributed by atoms with Gasteiger partial charge in [0.15, 0.2) is 0 Å². The Bertz CT molecular complexity index is 1030. The average Bonchev–Trinajstić information content (AvgIpc) is 2.93. The second kappa shape index (κ2) is 12.2. The molecular formula is C29H35F6NO3. The summed E-state index contributed by atoms with van der Waals surface area (Å²) in [5, 5.41) is 19.4. The molecule has 2 aliphatic rings. The average molecular weight is 560 g/mol. The molecule has 0 aromatic heterocycles. The number of rotatable bonds is 8. The zero-order valence-corrected chi connectivity index (χ0v) is 21.6. The summed E-state index contributed by atoms with van der Waals surface area (Å²) in [6, 6.07) is 11.3. The second-order valence-corrected chi connectivity index (χ2v) is 10.9. The van der Waals surface area contributed by atoms with Gasteiger partial charge in [-0.05, 0) is 86.9 Å². The highest BCUT2D eigenvalue weighted by molar-refractivity contribution is 5.35. The lowest BCUT2D eigenvalue weighted by molar-refractivity contribution is -0.143. The highest BCUT2D eigenvalue weighted by Gasteiger charge is 2.41. The van der Waals surface area contributed by atoms with Gasteiger partial charge < -0.3 is 19.8 Å². The summed E-state index contributed by atoms with van der Waals surface area (Å²) >= 11 is 0. The van der Waals surface area contributed by atoms with Gasteiger partial charge in [0.05, 0.1) is 24.3 Å². The molecule has 1 atom stereocenters. The van der Waals surface area contributed by atoms with Crippen molar-refractivity contribution in [1.82, 2.24) is 4.90 Å². The summed E-state index contributed by atoms with van der Waals surface area (Å²) in [6.07, 6.45) is -6.20. The molecule has 0 spiro atoms. The highest BCUT2D eigenvalue weighted by atomic mass is 19.4. The van der Waals surface area contributed by atoms with E-state index in [1.165, 1.54) is 0 Å². The summed E-state index contributed by atoms with van der Waals surface area (Å²) in [4.78, 5) is 2.46. The first-order valence-corrected chi connectivity index (χ1v) is 13.4. The number of halogens is 6. The molecule has 1 saturated carbocycles. The van der Waals surface area contributed by atoms with Gasteiger partial charge in [-0.15, -0.1) is 0 Å². The van der Waals surface area contributed by atoms with Crippen LogP contribution in [0.1, 0.15) is 66.9 Å². The molecule has 0 bridgehead atoms. The van der Waals surface area contributed by atoms with Gasteiger partial charge >= 0.3 is 12.4 Å². The molecule has 0 radical (unpaired) electrons. The fraction of sp³-hybridized carbons (Fsp3) is 0.586. The minimum Gasteiger partial charge on any atom is -0.396 e. The summed E-state index contributed by atoms with van der Waals surface area (Å²) in [5.74, 6) is 0.339. The van der Waals surface area contributed by atoms with E-state index in [1.54, 1.807) is 0 Å². The maximum atomic E-state index is 13.4. The van der Waals surface area contributed by atoms with E-state index in [0.717, 1.165) is 57.2 Å². The number of ether oxygens (including phenoxy) is 1. The minimum atomic E-state index is -4.98. The van der Waals surface area contributed by atoms with Crippen molar-refractivity contribution in [1.29, 1.82) is 0 Å². The second-order valence-electron chi connectivity index (χ2n) is 10.9. The van der Waals surface area contributed by atoms with Gasteiger partial charge in [-0.2, -0.15) is 26.3 Å². The lowest BCUT2D eigenvalue weighted by Gasteiger charge is -2.46. The standard InChI is InChI=1S/C29H35F6NO3/c30-28(31,32)23-14-21(15-24(16-23)29(33,34)35)26(18-38)39-19-27(22-4-2-1-3-5-22)10-6-25(7-11-27)36-12-8-20(17-37)9-13-36/h1-5,14-16,20,25-26,37-38H,6-13,17-19H2/t25-,26?,27-. The Morgan fingerprint density at radius 1 is 0.846 bits per heavy atom. The molecule has 10 heteroatoms. The summed E-state index contributed by atoms with van der Waals surface area (Å²) in [6.45, 7) is 1.35. The van der Waals surface area contributed by atoms with Gasteiger partial charge in [-0.3, -0.25) is 0 Å². The largest absolute Gasteiger partial charge is 0.416 e. The van der Waals surface area contributed by atoms with Crippen LogP contribution in [0.25, 0.3) is 0 Å². The Morgan fingerprint density at radius 2 is 1.41 bits per heavy atom. The molecule has 4 rings (SSSR count). The lowest BCUT2D eigenvalue weighted by Crippen LogP contribution is -2.47. The van der Waals surface area contributed by atoms with Crippen LogP contribution in [-0.4, -0.2) is 54.1 Å². The van der Waals surface area contributed by atoms with Crippen molar-refractivity contribution in [3.8, 4) is 0 Å². The monoisotopic (exact) mass is 559 g/mol. The third-order valence-electron chi connectivity index (χ3n) is 8.43. The van der Waals surface area contributed by atoms with Crippen molar-refractivity contribution in [2.45, 2.75) is 68.4 Å². The number of aliphatic hydroxyl groups excluding tert-OH is 2. The van der Waals surface area contributed by atoms with Crippen LogP contribution in [0.5, 0.6) is 0 Å². The zero-order chi connectivity index (χ0) is 28.3. The number of aliphatic hydroxyl groups is 2. The van der Waals surface area contributed by atoms with Crippen molar-refractivity contribution in [3.05, 3.63) is 70.8 Å². The van der Waals surface area contributed by atoms with E-state index in [2.05, 4.69) is 4.90 Å². The van der Waals surface area contributed by atoms with Crippen LogP contribution in [0, 0.1) is 5.92 Å². The number of nitrogens with zero attached hydrogens (tertiary/aromatic N) is 1. The van der Waals surface area contributed by atoms with E-state index in [0.29, 0.717) is 24.1 Å². The molecule has 2 aromatic carbocycles. The van der Waals surface area contributed by atoms with Crippen LogP contribution in [-0.2, 0) is 22.5 Å². The molecule has 1 aliphatic carbocycles. The predicted octanol–water partition coefficient (Wildman–Crippen LogP) is 6.36. The molecule has 39 heavy (non-hydrogen) atoms. The van der Waals surface area contributed by atoms with E-state index in [-0.39, 0.29) is 24.8 Å². The first kappa shape index (κ1) is 29.8. The van der Waals surface area contributed by atoms with Crippen LogP contribution in [0.15, 0.2) is 48.5 Å². The van der Waals surface area contributed by atoms with Crippen LogP contribution >= 0.6 is 0 Å². The molecule has 2 fully saturated rings. The number of piperidine rings is 1. The Hall–Kier alpha value is -2.14. The number of hydrogen-bond donors (Lipinski definition) is 2. The van der Waals surface area contributed by atoms with Crippen molar-refractivity contribution in [2.75, 3.05) is 32.9 Å². The van der Waals surface area contributed by atoms with Gasteiger partial charge in [0, 0.05) is 18.1 Å². The van der Waals surface area contributed by atoms with Gasteiger partial charge in [-0.1, -0.05) is 30.3 Å². The normalized spacial score (nSPS) is 24.6. The fourth-order valence-corrected chi connectivity index (χ4v) is 6.01. The first-order valence-electron chi connectivity index (χ1n) is 13.4. The smallest absolute Gasteiger partial charge is 0.396 e. The van der Waals surface area contributed by atoms with Gasteiger partial charge in [0.25, 0.3) is 0 Å². The van der Waals surface area contributed by atoms with Crippen molar-refractivity contribution >= 4 is 0 Å². The Kier molecular flexibility index (Phi) is 9.30. The van der Waals surface area contributed by atoms with Crippen molar-refractivity contribution in [2.24, 2.45) is 5.92 Å².